The molecule has 0 aliphatic carbocycles. The van der Waals surface area contributed by atoms with Gasteiger partial charge in [-0.05, 0) is 30.7 Å². The molecule has 1 atom stereocenters. The Balaban J connectivity index is 2.69. The highest BCUT2D eigenvalue weighted by atomic mass is 19.1. The molecule has 0 fully saturated rings. The van der Waals surface area contributed by atoms with Crippen molar-refractivity contribution in [3.05, 3.63) is 41.7 Å². The third kappa shape index (κ3) is 3.09. The molecular formula is C11H10F2O. The zero-order valence-corrected chi connectivity index (χ0v) is 7.71. The van der Waals surface area contributed by atoms with Gasteiger partial charge in [-0.2, -0.15) is 0 Å². The first kappa shape index (κ1) is 10.6. The SMILES string of the molecule is CC(F)C(=O)/C=C/c1ccc(F)cc1. The van der Waals surface area contributed by atoms with Crippen LogP contribution >= 0.6 is 0 Å². The number of allylic oxidation sites excluding steroid dienone is 1. The van der Waals surface area contributed by atoms with E-state index in [4.69, 9.17) is 0 Å². The number of hydrogen-bond acceptors (Lipinski definition) is 1. The van der Waals surface area contributed by atoms with Gasteiger partial charge in [0, 0.05) is 0 Å². The molecule has 0 spiro atoms. The van der Waals surface area contributed by atoms with Crippen LogP contribution in [0, 0.1) is 5.82 Å². The van der Waals surface area contributed by atoms with E-state index in [0.29, 0.717) is 5.56 Å². The molecule has 3 heteroatoms. The molecule has 0 aromatic heterocycles. The molecule has 14 heavy (non-hydrogen) atoms. The van der Waals surface area contributed by atoms with Crippen LogP contribution in [0.15, 0.2) is 30.3 Å². The number of ketones is 1. The monoisotopic (exact) mass is 196 g/mol. The number of halogens is 2. The van der Waals surface area contributed by atoms with Crippen molar-refractivity contribution in [1.82, 2.24) is 0 Å². The minimum absolute atomic E-state index is 0.340. The fourth-order valence-electron chi connectivity index (χ4n) is 0.885. The van der Waals surface area contributed by atoms with E-state index < -0.39 is 12.0 Å². The molecule has 1 aromatic rings. The van der Waals surface area contributed by atoms with Gasteiger partial charge in [0.2, 0.25) is 0 Å². The van der Waals surface area contributed by atoms with Crippen LogP contribution in [0.4, 0.5) is 8.78 Å². The van der Waals surface area contributed by atoms with Crippen molar-refractivity contribution >= 4 is 11.9 Å². The molecule has 1 rings (SSSR count). The number of carbonyl (C=O) groups excluding carboxylic acids is 1. The van der Waals surface area contributed by atoms with E-state index >= 15 is 0 Å². The van der Waals surface area contributed by atoms with Gasteiger partial charge in [-0.3, -0.25) is 4.79 Å². The van der Waals surface area contributed by atoms with Crippen molar-refractivity contribution in [2.24, 2.45) is 0 Å². The van der Waals surface area contributed by atoms with Gasteiger partial charge in [0.05, 0.1) is 0 Å². The second-order valence-corrected chi connectivity index (χ2v) is 2.90. The van der Waals surface area contributed by atoms with Crippen molar-refractivity contribution in [2.45, 2.75) is 13.1 Å². The highest BCUT2D eigenvalue weighted by molar-refractivity contribution is 5.96. The molecular weight excluding hydrogens is 186 g/mol. The zero-order chi connectivity index (χ0) is 10.6. The Bertz CT molecular complexity index is 339. The van der Waals surface area contributed by atoms with Crippen LogP contribution in [-0.4, -0.2) is 12.0 Å². The van der Waals surface area contributed by atoms with Gasteiger partial charge in [-0.15, -0.1) is 0 Å². The first-order chi connectivity index (χ1) is 6.59. The Morgan fingerprint density at radius 1 is 1.36 bits per heavy atom. The maximum atomic E-state index is 12.5. The van der Waals surface area contributed by atoms with Gasteiger partial charge in [-0.25, -0.2) is 8.78 Å². The predicted molar refractivity (Wildman–Crippen MR) is 51.0 cm³/mol. The lowest BCUT2D eigenvalue weighted by Crippen LogP contribution is -2.06. The molecule has 0 heterocycles. The van der Waals surface area contributed by atoms with E-state index in [0.717, 1.165) is 6.08 Å². The number of benzene rings is 1. The molecule has 0 saturated carbocycles. The van der Waals surface area contributed by atoms with Gasteiger partial charge in [0.15, 0.2) is 12.0 Å². The molecule has 1 nitrogen and oxygen atoms in total. The molecule has 0 aliphatic heterocycles. The Morgan fingerprint density at radius 2 is 1.93 bits per heavy atom. The summed E-state index contributed by atoms with van der Waals surface area (Å²) in [4.78, 5) is 10.8. The van der Waals surface area contributed by atoms with E-state index in [1.54, 1.807) is 0 Å². The van der Waals surface area contributed by atoms with E-state index in [9.17, 15) is 13.6 Å². The maximum absolute atomic E-state index is 12.5. The van der Waals surface area contributed by atoms with E-state index in [-0.39, 0.29) is 5.82 Å². The fourth-order valence-corrected chi connectivity index (χ4v) is 0.885. The van der Waals surface area contributed by atoms with Crippen molar-refractivity contribution in [3.8, 4) is 0 Å². The summed E-state index contributed by atoms with van der Waals surface area (Å²) in [7, 11) is 0. The summed E-state index contributed by atoms with van der Waals surface area (Å²) >= 11 is 0. The first-order valence-electron chi connectivity index (χ1n) is 4.21. The molecule has 0 saturated heterocycles. The molecule has 0 bridgehead atoms. The standard InChI is InChI=1S/C11H10F2O/c1-8(12)11(14)7-4-9-2-5-10(13)6-3-9/h2-8H,1H3/b7-4+. The molecule has 1 unspecified atom stereocenters. The molecule has 0 radical (unpaired) electrons. The van der Waals surface area contributed by atoms with E-state index in [1.165, 1.54) is 37.3 Å². The van der Waals surface area contributed by atoms with Gasteiger partial charge >= 0.3 is 0 Å². The topological polar surface area (TPSA) is 17.1 Å². The van der Waals surface area contributed by atoms with Crippen LogP contribution in [0.3, 0.4) is 0 Å². The number of carbonyl (C=O) groups is 1. The van der Waals surface area contributed by atoms with Gasteiger partial charge < -0.3 is 0 Å². The lowest BCUT2D eigenvalue weighted by atomic mass is 10.1. The minimum Gasteiger partial charge on any atom is -0.292 e. The summed E-state index contributed by atoms with van der Waals surface area (Å²) < 4.78 is 24.9. The Morgan fingerprint density at radius 3 is 2.43 bits per heavy atom. The van der Waals surface area contributed by atoms with Crippen molar-refractivity contribution in [3.63, 3.8) is 0 Å². The van der Waals surface area contributed by atoms with Gasteiger partial charge in [-0.1, -0.05) is 18.2 Å². The van der Waals surface area contributed by atoms with Crippen molar-refractivity contribution < 1.29 is 13.6 Å². The Kier molecular flexibility index (Phi) is 3.51. The quantitative estimate of drug-likeness (QED) is 0.679. The number of hydrogen-bond donors (Lipinski definition) is 0. The zero-order valence-electron chi connectivity index (χ0n) is 7.71. The first-order valence-corrected chi connectivity index (χ1v) is 4.21. The maximum Gasteiger partial charge on any atom is 0.189 e. The lowest BCUT2D eigenvalue weighted by Gasteiger charge is -1.94. The summed E-state index contributed by atoms with van der Waals surface area (Å²) in [5.74, 6) is -0.929. The normalized spacial score (nSPS) is 13.1. The van der Waals surface area contributed by atoms with Crippen LogP contribution in [0.2, 0.25) is 0 Å². The second kappa shape index (κ2) is 4.65. The fraction of sp³-hybridized carbons (Fsp3) is 0.182. The average Bonchev–Trinajstić information content (AvgIpc) is 2.16. The third-order valence-electron chi connectivity index (χ3n) is 1.70. The molecule has 1 aromatic carbocycles. The molecule has 0 aliphatic rings. The molecule has 74 valence electrons. The average molecular weight is 196 g/mol. The number of rotatable bonds is 3. The second-order valence-electron chi connectivity index (χ2n) is 2.90. The summed E-state index contributed by atoms with van der Waals surface area (Å²) in [6.45, 7) is 1.18. The molecule has 0 amide bonds. The Hall–Kier alpha value is -1.51. The van der Waals surface area contributed by atoms with Crippen LogP contribution in [0.25, 0.3) is 6.08 Å². The summed E-state index contributed by atoms with van der Waals surface area (Å²) in [6, 6.07) is 5.59. The summed E-state index contributed by atoms with van der Waals surface area (Å²) in [6.07, 6.45) is 1.11. The van der Waals surface area contributed by atoms with Crippen LogP contribution in [0.1, 0.15) is 12.5 Å². The largest absolute Gasteiger partial charge is 0.292 e. The van der Waals surface area contributed by atoms with Crippen LogP contribution in [-0.2, 0) is 4.79 Å². The highest BCUT2D eigenvalue weighted by Crippen LogP contribution is 2.05. The lowest BCUT2D eigenvalue weighted by molar-refractivity contribution is -0.118. The van der Waals surface area contributed by atoms with E-state index in [2.05, 4.69) is 0 Å². The third-order valence-corrected chi connectivity index (χ3v) is 1.70. The van der Waals surface area contributed by atoms with Crippen LogP contribution < -0.4 is 0 Å². The summed E-state index contributed by atoms with van der Waals surface area (Å²) in [5, 5.41) is 0. The van der Waals surface area contributed by atoms with Gasteiger partial charge in [0.1, 0.15) is 5.82 Å². The minimum atomic E-state index is -1.49. The summed E-state index contributed by atoms with van der Waals surface area (Å²) in [5.41, 5.74) is 0.667. The number of alkyl halides is 1. The van der Waals surface area contributed by atoms with Crippen LogP contribution in [0.5, 0.6) is 0 Å². The smallest absolute Gasteiger partial charge is 0.189 e. The van der Waals surface area contributed by atoms with E-state index in [1.807, 2.05) is 0 Å². The molecule has 0 N–H and O–H groups in total. The predicted octanol–water partition coefficient (Wildman–Crippen LogP) is 2.77. The van der Waals surface area contributed by atoms with Crippen molar-refractivity contribution in [1.29, 1.82) is 0 Å². The van der Waals surface area contributed by atoms with Gasteiger partial charge in [0.25, 0.3) is 0 Å². The Labute approximate surface area is 81.1 Å². The van der Waals surface area contributed by atoms with Crippen molar-refractivity contribution in [2.75, 3.05) is 0 Å². The highest BCUT2D eigenvalue weighted by Gasteiger charge is 2.05.